The van der Waals surface area contributed by atoms with E-state index < -0.39 is 67.9 Å². The van der Waals surface area contributed by atoms with Crippen LogP contribution >= 0.6 is 0 Å². The van der Waals surface area contributed by atoms with Gasteiger partial charge in [-0.1, -0.05) is 0 Å². The second-order valence-electron chi connectivity index (χ2n) is 5.08. The molecule has 0 rings (SSSR count). The molecule has 0 aliphatic heterocycles. The highest BCUT2D eigenvalue weighted by atomic mass is 16.4. The predicted octanol–water partition coefficient (Wildman–Crippen LogP) is -6.82. The molecule has 0 aliphatic carbocycles. The fourth-order valence-corrected chi connectivity index (χ4v) is 1.68. The van der Waals surface area contributed by atoms with E-state index in [4.69, 9.17) is 15.3 Å². The van der Waals surface area contributed by atoms with Crippen molar-refractivity contribution in [2.24, 2.45) is 0 Å². The molecule has 8 atom stereocenters. The highest BCUT2D eigenvalue weighted by molar-refractivity contribution is 5.84. The van der Waals surface area contributed by atoms with Gasteiger partial charge in [0, 0.05) is 0 Å². The van der Waals surface area contributed by atoms with E-state index in [9.17, 15) is 40.2 Å². The zero-order valence-corrected chi connectivity index (χ0v) is 12.5. The summed E-state index contributed by atoms with van der Waals surface area (Å²) in [4.78, 5) is 22.6. The maximum Gasteiger partial charge on any atom is 0.252 e. The zero-order valence-electron chi connectivity index (χ0n) is 12.5. The molecule has 0 aromatic rings. The molecule has 0 heterocycles. The van der Waals surface area contributed by atoms with Crippen molar-refractivity contribution in [3.63, 3.8) is 0 Å². The molecule has 0 saturated heterocycles. The fourth-order valence-electron chi connectivity index (χ4n) is 1.68. The number of rotatable bonds is 11. The van der Waals surface area contributed by atoms with E-state index in [0.29, 0.717) is 0 Å². The van der Waals surface area contributed by atoms with Gasteiger partial charge in [-0.3, -0.25) is 4.79 Å². The summed E-state index contributed by atoms with van der Waals surface area (Å²) in [7, 11) is 0. The van der Waals surface area contributed by atoms with Crippen molar-refractivity contribution in [3.05, 3.63) is 0 Å². The van der Waals surface area contributed by atoms with Crippen molar-refractivity contribution < 1.29 is 55.5 Å². The van der Waals surface area contributed by atoms with Gasteiger partial charge in [-0.15, -0.1) is 0 Å². The molecule has 0 fully saturated rings. The van der Waals surface area contributed by atoms with E-state index >= 15 is 0 Å². The minimum absolute atomic E-state index is 0.0337. The Labute approximate surface area is 136 Å². The van der Waals surface area contributed by atoms with Gasteiger partial charge in [0.15, 0.2) is 6.10 Å². The molecule has 8 unspecified atom stereocenters. The summed E-state index contributed by atoms with van der Waals surface area (Å²) in [5.41, 5.74) is 0. The van der Waals surface area contributed by atoms with Crippen LogP contribution in [0.3, 0.4) is 0 Å². The largest absolute Gasteiger partial charge is 0.394 e. The highest BCUT2D eigenvalue weighted by Gasteiger charge is 2.37. The number of carbonyl (C=O) groups is 2. The Morgan fingerprint density at radius 3 is 1.58 bits per heavy atom. The summed E-state index contributed by atoms with van der Waals surface area (Å²) in [5, 5.41) is 84.9. The van der Waals surface area contributed by atoms with Gasteiger partial charge in [0.2, 0.25) is 0 Å². The Balaban J connectivity index is 4.89. The monoisotopic (exact) mass is 357 g/mol. The van der Waals surface area contributed by atoms with Gasteiger partial charge in [-0.05, 0) is 0 Å². The van der Waals surface area contributed by atoms with Gasteiger partial charge >= 0.3 is 0 Å². The summed E-state index contributed by atoms with van der Waals surface area (Å²) in [6.07, 6.45) is -14.4. The minimum atomic E-state index is -2.35. The molecule has 0 aliphatic rings. The highest BCUT2D eigenvalue weighted by Crippen LogP contribution is 2.08. The average Bonchev–Trinajstić information content (AvgIpc) is 2.60. The number of hydrogen-bond acceptors (Lipinski definition) is 11. The summed E-state index contributed by atoms with van der Waals surface area (Å²) in [6.45, 7) is -1.90. The van der Waals surface area contributed by atoms with Gasteiger partial charge in [0.05, 0.1) is 13.2 Å². The topological polar surface area (TPSA) is 228 Å². The van der Waals surface area contributed by atoms with Crippen LogP contribution in [0.1, 0.15) is 0 Å². The van der Waals surface area contributed by atoms with E-state index in [-0.39, 0.29) is 6.29 Å². The number of amides is 1. The number of carbonyl (C=O) groups excluding carboxylic acids is 2. The second-order valence-corrected chi connectivity index (χ2v) is 5.08. The molecule has 142 valence electrons. The molecule has 1 amide bonds. The van der Waals surface area contributed by atoms with Crippen LogP contribution in [0, 0.1) is 0 Å². The van der Waals surface area contributed by atoms with Crippen LogP contribution in [0.15, 0.2) is 0 Å². The molecule has 12 heteroatoms. The summed E-state index contributed by atoms with van der Waals surface area (Å²) in [5.74, 6) is -1.45. The molecule has 0 aromatic heterocycles. The van der Waals surface area contributed by atoms with Gasteiger partial charge in [0.25, 0.3) is 5.91 Å². The van der Waals surface area contributed by atoms with Gasteiger partial charge in [-0.25, -0.2) is 0 Å². The predicted molar refractivity (Wildman–Crippen MR) is 74.2 cm³/mol. The first-order valence-corrected chi connectivity index (χ1v) is 6.86. The lowest BCUT2D eigenvalue weighted by molar-refractivity contribution is -0.152. The lowest BCUT2D eigenvalue weighted by atomic mass is 10.00. The molecule has 12 nitrogen and oxygen atoms in total. The number of aliphatic hydroxyl groups is 9. The Bertz CT molecular complexity index is 395. The Morgan fingerprint density at radius 2 is 1.21 bits per heavy atom. The van der Waals surface area contributed by atoms with Crippen LogP contribution in [-0.2, 0) is 9.59 Å². The molecular weight excluding hydrogens is 334 g/mol. The maximum atomic E-state index is 11.7. The average molecular weight is 357 g/mol. The van der Waals surface area contributed by atoms with E-state index in [1.807, 2.05) is 0 Å². The van der Waals surface area contributed by atoms with Crippen LogP contribution in [-0.4, -0.2) is 120 Å². The van der Waals surface area contributed by atoms with E-state index in [1.54, 1.807) is 5.32 Å². The first-order valence-electron chi connectivity index (χ1n) is 6.86. The Kier molecular flexibility index (Phi) is 10.1. The normalized spacial score (nSPS) is 21.7. The third-order valence-corrected chi connectivity index (χ3v) is 3.28. The number of aliphatic hydroxyl groups excluding tert-OH is 9. The van der Waals surface area contributed by atoms with Crippen LogP contribution < -0.4 is 5.32 Å². The molecule has 24 heavy (non-hydrogen) atoms. The SMILES string of the molecule is O=CC(NC(=O)C(O)C(O)C(O)C(O)CO)C(O)C(O)C(O)CO. The molecular formula is C12H23NO11. The summed E-state index contributed by atoms with van der Waals surface area (Å²) in [6, 6.07) is -1.82. The van der Waals surface area contributed by atoms with Crippen molar-refractivity contribution in [2.45, 2.75) is 48.8 Å². The van der Waals surface area contributed by atoms with Crippen LogP contribution in [0.2, 0.25) is 0 Å². The summed E-state index contributed by atoms with van der Waals surface area (Å²) < 4.78 is 0. The Hall–Kier alpha value is -1.22. The molecule has 0 spiro atoms. The first-order chi connectivity index (χ1) is 11.1. The third kappa shape index (κ3) is 6.01. The number of nitrogens with one attached hydrogen (secondary N) is 1. The van der Waals surface area contributed by atoms with E-state index in [2.05, 4.69) is 0 Å². The van der Waals surface area contributed by atoms with Gasteiger partial charge in [-0.2, -0.15) is 0 Å². The van der Waals surface area contributed by atoms with Crippen molar-refractivity contribution in [1.29, 1.82) is 0 Å². The van der Waals surface area contributed by atoms with E-state index in [0.717, 1.165) is 0 Å². The minimum Gasteiger partial charge on any atom is -0.394 e. The van der Waals surface area contributed by atoms with E-state index in [1.165, 1.54) is 0 Å². The summed E-state index contributed by atoms with van der Waals surface area (Å²) >= 11 is 0. The molecule has 0 saturated carbocycles. The fraction of sp³-hybridized carbons (Fsp3) is 0.833. The Morgan fingerprint density at radius 1 is 0.792 bits per heavy atom. The quantitative estimate of drug-likeness (QED) is 0.156. The maximum absolute atomic E-state index is 11.7. The third-order valence-electron chi connectivity index (χ3n) is 3.28. The van der Waals surface area contributed by atoms with Crippen LogP contribution in [0.25, 0.3) is 0 Å². The first kappa shape index (κ1) is 22.8. The molecule has 0 radical (unpaired) electrons. The lowest BCUT2D eigenvalue weighted by Gasteiger charge is -2.29. The number of aldehydes is 1. The molecule has 0 aromatic carbocycles. The van der Waals surface area contributed by atoms with Gasteiger partial charge in [0.1, 0.15) is 49.0 Å². The van der Waals surface area contributed by atoms with Crippen molar-refractivity contribution in [3.8, 4) is 0 Å². The number of hydrogen-bond donors (Lipinski definition) is 10. The zero-order chi connectivity index (χ0) is 19.0. The molecule has 0 bridgehead atoms. The van der Waals surface area contributed by atoms with Crippen molar-refractivity contribution >= 4 is 12.2 Å². The van der Waals surface area contributed by atoms with Gasteiger partial charge < -0.3 is 56.1 Å². The van der Waals surface area contributed by atoms with Crippen LogP contribution in [0.4, 0.5) is 0 Å². The van der Waals surface area contributed by atoms with Crippen molar-refractivity contribution in [2.75, 3.05) is 13.2 Å². The standard InChI is InChI=1S/C12H23NO11/c14-1-4(7(19)8(20)5(17)2-15)13-12(24)11(23)10(22)9(21)6(18)3-16/h1,4-11,15-23H,2-3H2,(H,13,24). The lowest BCUT2D eigenvalue weighted by Crippen LogP contribution is -2.58. The smallest absolute Gasteiger partial charge is 0.252 e. The second kappa shape index (κ2) is 10.6. The van der Waals surface area contributed by atoms with Crippen molar-refractivity contribution in [1.82, 2.24) is 5.32 Å². The van der Waals surface area contributed by atoms with Crippen LogP contribution in [0.5, 0.6) is 0 Å². The molecule has 10 N–H and O–H groups in total.